The largest absolute Gasteiger partial charge is 0.468 e. The first-order valence-corrected chi connectivity index (χ1v) is 7.95. The number of hydrogen-bond donors (Lipinski definition) is 1. The van der Waals surface area contributed by atoms with Crippen LogP contribution in [0.5, 0.6) is 0 Å². The molecule has 2 bridgehead atoms. The Labute approximate surface area is 127 Å². The number of carbonyl (C=O) groups excluding carboxylic acids is 1. The molecule has 0 aromatic rings. The summed E-state index contributed by atoms with van der Waals surface area (Å²) in [7, 11) is 1.11. The molecule has 6 heteroatoms. The predicted molar refractivity (Wildman–Crippen MR) is 79.5 cm³/mol. The van der Waals surface area contributed by atoms with Crippen LogP contribution in [0, 0.1) is 17.3 Å². The molecule has 0 unspecified atom stereocenters. The summed E-state index contributed by atoms with van der Waals surface area (Å²) in [5.41, 5.74) is 5.95. The van der Waals surface area contributed by atoms with E-state index in [9.17, 15) is 4.79 Å². The minimum atomic E-state index is -0.595. The fourth-order valence-electron chi connectivity index (χ4n) is 4.66. The molecule has 5 atom stereocenters. The first-order valence-electron chi connectivity index (χ1n) is 7.95. The lowest BCUT2D eigenvalue weighted by Gasteiger charge is -2.64. The number of esters is 1. The summed E-state index contributed by atoms with van der Waals surface area (Å²) in [6, 6.07) is -0.595. The van der Waals surface area contributed by atoms with Crippen molar-refractivity contribution in [3.05, 3.63) is 0 Å². The van der Waals surface area contributed by atoms with Crippen molar-refractivity contribution in [3.8, 4) is 0 Å². The van der Waals surface area contributed by atoms with Gasteiger partial charge in [-0.15, -0.1) is 0 Å². The van der Waals surface area contributed by atoms with E-state index in [0.717, 1.165) is 12.3 Å². The predicted octanol–water partition coefficient (Wildman–Crippen LogP) is 1.61. The topological polar surface area (TPSA) is 70.8 Å². The van der Waals surface area contributed by atoms with E-state index in [1.165, 1.54) is 13.5 Å². The summed E-state index contributed by atoms with van der Waals surface area (Å²) in [6.07, 6.45) is 3.68. The lowest BCUT2D eigenvalue weighted by molar-refractivity contribution is -0.199. The lowest BCUT2D eigenvalue weighted by atomic mass is 9.43. The van der Waals surface area contributed by atoms with E-state index in [0.29, 0.717) is 24.1 Å². The monoisotopic (exact) mass is 295 g/mol. The van der Waals surface area contributed by atoms with Crippen molar-refractivity contribution >= 4 is 13.1 Å². The second-order valence-corrected chi connectivity index (χ2v) is 7.61. The minimum absolute atomic E-state index is 0.182. The Bertz CT molecular complexity index is 443. The Hall–Kier alpha value is -0.585. The molecule has 3 aliphatic carbocycles. The van der Waals surface area contributed by atoms with Gasteiger partial charge in [0.2, 0.25) is 0 Å². The van der Waals surface area contributed by atoms with Gasteiger partial charge in [-0.25, -0.2) is 0 Å². The molecule has 1 aliphatic heterocycles. The van der Waals surface area contributed by atoms with E-state index in [1.807, 2.05) is 0 Å². The van der Waals surface area contributed by atoms with E-state index in [1.54, 1.807) is 0 Å². The smallest absolute Gasteiger partial charge is 0.457 e. The van der Waals surface area contributed by atoms with Crippen molar-refractivity contribution in [3.63, 3.8) is 0 Å². The molecule has 0 aromatic carbocycles. The number of ether oxygens (including phenoxy) is 1. The molecule has 0 spiro atoms. The molecule has 21 heavy (non-hydrogen) atoms. The summed E-state index contributed by atoms with van der Waals surface area (Å²) in [5.74, 6) is 0.938. The quantitative estimate of drug-likeness (QED) is 0.630. The third kappa shape index (κ3) is 2.23. The number of rotatable bonds is 4. The Morgan fingerprint density at radius 1 is 1.43 bits per heavy atom. The van der Waals surface area contributed by atoms with Gasteiger partial charge in [0.1, 0.15) is 6.04 Å². The highest BCUT2D eigenvalue weighted by Gasteiger charge is 2.67. The highest BCUT2D eigenvalue weighted by Crippen LogP contribution is 2.65. The highest BCUT2D eigenvalue weighted by molar-refractivity contribution is 6.45. The van der Waals surface area contributed by atoms with E-state index < -0.39 is 6.04 Å². The molecule has 4 fully saturated rings. The van der Waals surface area contributed by atoms with Crippen LogP contribution in [0.25, 0.3) is 0 Å². The van der Waals surface area contributed by atoms with Crippen LogP contribution in [0.2, 0.25) is 6.32 Å². The molecule has 3 saturated carbocycles. The zero-order valence-corrected chi connectivity index (χ0v) is 13.4. The van der Waals surface area contributed by atoms with Crippen LogP contribution >= 0.6 is 0 Å². The Morgan fingerprint density at radius 3 is 2.76 bits per heavy atom. The van der Waals surface area contributed by atoms with Crippen molar-refractivity contribution in [2.45, 2.75) is 64.1 Å². The van der Waals surface area contributed by atoms with Gasteiger partial charge in [-0.1, -0.05) is 13.8 Å². The average Bonchev–Trinajstić information content (AvgIpc) is 2.79. The lowest BCUT2D eigenvalue weighted by Crippen LogP contribution is -2.65. The summed E-state index contributed by atoms with van der Waals surface area (Å²) >= 11 is 0. The van der Waals surface area contributed by atoms with Crippen molar-refractivity contribution in [1.29, 1.82) is 0 Å². The maximum atomic E-state index is 11.3. The van der Waals surface area contributed by atoms with Crippen LogP contribution in [0.4, 0.5) is 0 Å². The third-order valence-electron chi connectivity index (χ3n) is 6.22. The summed E-state index contributed by atoms with van der Waals surface area (Å²) in [4.78, 5) is 11.3. The van der Waals surface area contributed by atoms with Gasteiger partial charge in [-0.05, 0) is 49.8 Å². The van der Waals surface area contributed by atoms with E-state index in [4.69, 9.17) is 15.0 Å². The molecule has 0 radical (unpaired) electrons. The van der Waals surface area contributed by atoms with Gasteiger partial charge in [0.25, 0.3) is 0 Å². The maximum absolute atomic E-state index is 11.3. The first kappa shape index (κ1) is 15.3. The van der Waals surface area contributed by atoms with Gasteiger partial charge in [-0.2, -0.15) is 0 Å². The molecule has 118 valence electrons. The van der Waals surface area contributed by atoms with E-state index in [2.05, 4.69) is 25.5 Å². The molecule has 0 aromatic heterocycles. The van der Waals surface area contributed by atoms with Crippen LogP contribution in [-0.4, -0.2) is 37.9 Å². The van der Waals surface area contributed by atoms with Crippen LogP contribution < -0.4 is 5.73 Å². The molecule has 4 aliphatic rings. The second kappa shape index (κ2) is 4.96. The van der Waals surface area contributed by atoms with Gasteiger partial charge in [0.15, 0.2) is 0 Å². The molecule has 2 N–H and O–H groups in total. The van der Waals surface area contributed by atoms with Gasteiger partial charge >= 0.3 is 13.1 Å². The fraction of sp³-hybridized carbons (Fsp3) is 0.933. The van der Waals surface area contributed by atoms with Gasteiger partial charge in [0, 0.05) is 0 Å². The number of nitrogens with two attached hydrogens (primary N) is 1. The second-order valence-electron chi connectivity index (χ2n) is 7.61. The Balaban J connectivity index is 1.59. The Kier molecular flexibility index (Phi) is 3.62. The zero-order chi connectivity index (χ0) is 15.4. The highest BCUT2D eigenvalue weighted by atomic mass is 16.7. The number of hydrogen-bond acceptors (Lipinski definition) is 5. The van der Waals surface area contributed by atoms with Crippen molar-refractivity contribution < 1.29 is 18.8 Å². The van der Waals surface area contributed by atoms with Crippen LogP contribution in [0.3, 0.4) is 0 Å². The van der Waals surface area contributed by atoms with E-state index >= 15 is 0 Å². The number of methoxy groups -OCH3 is 1. The first-order chi connectivity index (χ1) is 9.79. The van der Waals surface area contributed by atoms with Crippen molar-refractivity contribution in [2.24, 2.45) is 23.0 Å². The SMILES string of the molecule is COC(=O)[C@@H](N)CCB1O[C@@H]2C[C@@H]3C[C@@H](C3(C)C)[C@]2(C)O1. The molecule has 1 heterocycles. The normalized spacial score (nSPS) is 41.2. The summed E-state index contributed by atoms with van der Waals surface area (Å²) < 4.78 is 17.0. The van der Waals surface area contributed by atoms with Gasteiger partial charge < -0.3 is 19.8 Å². The summed E-state index contributed by atoms with van der Waals surface area (Å²) in [6.45, 7) is 6.88. The zero-order valence-electron chi connectivity index (χ0n) is 13.4. The molecular formula is C15H26BNO4. The van der Waals surface area contributed by atoms with Crippen LogP contribution in [-0.2, 0) is 18.8 Å². The van der Waals surface area contributed by atoms with Gasteiger partial charge in [-0.3, -0.25) is 4.79 Å². The van der Waals surface area contributed by atoms with Crippen molar-refractivity contribution in [1.82, 2.24) is 0 Å². The molecule has 5 nitrogen and oxygen atoms in total. The Morgan fingerprint density at radius 2 is 2.14 bits per heavy atom. The van der Waals surface area contributed by atoms with E-state index in [-0.39, 0.29) is 24.8 Å². The minimum Gasteiger partial charge on any atom is -0.468 e. The summed E-state index contributed by atoms with van der Waals surface area (Å²) in [5, 5.41) is 0. The standard InChI is InChI=1S/C15H26BNO4/c1-14(2)9-7-11(14)15(3)12(8-9)20-16(21-15)6-5-10(17)13(18)19-4/h9-12H,5-8,17H2,1-4H3/t9-,10-,11-,12+,15-/m0/s1. The molecule has 0 amide bonds. The molecule has 4 rings (SSSR count). The van der Waals surface area contributed by atoms with Crippen LogP contribution in [0.1, 0.15) is 40.0 Å². The third-order valence-corrected chi connectivity index (χ3v) is 6.22. The maximum Gasteiger partial charge on any atom is 0.457 e. The average molecular weight is 295 g/mol. The van der Waals surface area contributed by atoms with Gasteiger partial charge in [0.05, 0.1) is 18.8 Å². The van der Waals surface area contributed by atoms with Crippen molar-refractivity contribution in [2.75, 3.05) is 7.11 Å². The molecule has 1 saturated heterocycles. The number of carbonyl (C=O) groups is 1. The molecular weight excluding hydrogens is 269 g/mol. The van der Waals surface area contributed by atoms with Crippen LogP contribution in [0.15, 0.2) is 0 Å². The fourth-order valence-corrected chi connectivity index (χ4v) is 4.66.